The van der Waals surface area contributed by atoms with E-state index in [1.807, 2.05) is 11.9 Å². The molecule has 0 unspecified atom stereocenters. The van der Waals surface area contributed by atoms with E-state index < -0.39 is 0 Å². The van der Waals surface area contributed by atoms with E-state index >= 15 is 0 Å². The van der Waals surface area contributed by atoms with Crippen LogP contribution < -0.4 is 0 Å². The third kappa shape index (κ3) is 3.01. The molecule has 0 aromatic carbocycles. The lowest BCUT2D eigenvalue weighted by Gasteiger charge is -2.10. The fourth-order valence-corrected chi connectivity index (χ4v) is 1.55. The summed E-state index contributed by atoms with van der Waals surface area (Å²) in [6, 6.07) is 0. The SMILES string of the molecule is CCCN1C=CCS1.Cl. The van der Waals surface area contributed by atoms with Crippen molar-refractivity contribution in [1.82, 2.24) is 4.31 Å². The molecule has 1 nitrogen and oxygen atoms in total. The highest BCUT2D eigenvalue weighted by Crippen LogP contribution is 2.16. The van der Waals surface area contributed by atoms with Crippen LogP contribution in [0, 0.1) is 0 Å². The van der Waals surface area contributed by atoms with Gasteiger partial charge in [0.2, 0.25) is 0 Å². The molecule has 0 N–H and O–H groups in total. The van der Waals surface area contributed by atoms with Gasteiger partial charge in [-0.25, -0.2) is 0 Å². The van der Waals surface area contributed by atoms with Crippen LogP contribution in [0.3, 0.4) is 0 Å². The molecule has 54 valence electrons. The Morgan fingerprint density at radius 3 is 2.89 bits per heavy atom. The van der Waals surface area contributed by atoms with Gasteiger partial charge in [0.15, 0.2) is 0 Å². The molecule has 9 heavy (non-hydrogen) atoms. The molecule has 3 heteroatoms. The molecule has 0 bridgehead atoms. The molecule has 0 fully saturated rings. The summed E-state index contributed by atoms with van der Waals surface area (Å²) in [5.74, 6) is 1.17. The van der Waals surface area contributed by atoms with Gasteiger partial charge in [-0.15, -0.1) is 12.4 Å². The van der Waals surface area contributed by atoms with Gasteiger partial charge < -0.3 is 4.31 Å². The Labute approximate surface area is 67.0 Å². The second-order valence-corrected chi connectivity index (χ2v) is 2.88. The van der Waals surface area contributed by atoms with Crippen molar-refractivity contribution in [2.45, 2.75) is 13.3 Å². The van der Waals surface area contributed by atoms with E-state index in [2.05, 4.69) is 23.5 Å². The Bertz CT molecular complexity index is 95.1. The van der Waals surface area contributed by atoms with Crippen molar-refractivity contribution < 1.29 is 0 Å². The lowest BCUT2D eigenvalue weighted by Crippen LogP contribution is -2.04. The third-order valence-corrected chi connectivity index (χ3v) is 2.03. The van der Waals surface area contributed by atoms with Crippen molar-refractivity contribution in [3.8, 4) is 0 Å². The van der Waals surface area contributed by atoms with Crippen LogP contribution in [-0.2, 0) is 0 Å². The summed E-state index contributed by atoms with van der Waals surface area (Å²) in [5, 5.41) is 0. The van der Waals surface area contributed by atoms with Gasteiger partial charge >= 0.3 is 0 Å². The fourth-order valence-electron chi connectivity index (χ4n) is 0.702. The van der Waals surface area contributed by atoms with Crippen LogP contribution in [-0.4, -0.2) is 16.6 Å². The molecule has 0 saturated heterocycles. The van der Waals surface area contributed by atoms with E-state index in [-0.39, 0.29) is 12.4 Å². The Kier molecular flexibility index (Phi) is 5.10. The molecule has 1 heterocycles. The Morgan fingerprint density at radius 2 is 2.44 bits per heavy atom. The maximum absolute atomic E-state index is 2.28. The summed E-state index contributed by atoms with van der Waals surface area (Å²) in [6.45, 7) is 3.40. The quantitative estimate of drug-likeness (QED) is 0.578. The first-order valence-corrected chi connectivity index (χ1v) is 3.94. The zero-order chi connectivity index (χ0) is 5.82. The average Bonchev–Trinajstić information content (AvgIpc) is 2.19. The maximum Gasteiger partial charge on any atom is 0.0331 e. The molecule has 0 atom stereocenters. The van der Waals surface area contributed by atoms with Gasteiger partial charge in [-0.2, -0.15) is 0 Å². The van der Waals surface area contributed by atoms with Gasteiger partial charge in [0.05, 0.1) is 0 Å². The molecule has 0 aliphatic carbocycles. The van der Waals surface area contributed by atoms with E-state index in [1.165, 1.54) is 18.7 Å². The average molecular weight is 166 g/mol. The Morgan fingerprint density at radius 1 is 1.67 bits per heavy atom. The second kappa shape index (κ2) is 5.00. The van der Waals surface area contributed by atoms with Crippen LogP contribution in [0.2, 0.25) is 0 Å². The summed E-state index contributed by atoms with van der Waals surface area (Å²) in [7, 11) is 0. The number of nitrogens with zero attached hydrogens (tertiary/aromatic N) is 1. The van der Waals surface area contributed by atoms with Crippen molar-refractivity contribution in [3.05, 3.63) is 12.3 Å². The first kappa shape index (κ1) is 9.18. The van der Waals surface area contributed by atoms with Crippen LogP contribution in [0.25, 0.3) is 0 Å². The van der Waals surface area contributed by atoms with Crippen molar-refractivity contribution in [1.29, 1.82) is 0 Å². The Balaban J connectivity index is 0.000000640. The van der Waals surface area contributed by atoms with Crippen LogP contribution in [0.4, 0.5) is 0 Å². The summed E-state index contributed by atoms with van der Waals surface area (Å²) in [5.41, 5.74) is 0. The molecule has 1 aliphatic rings. The van der Waals surface area contributed by atoms with Crippen LogP contribution in [0.1, 0.15) is 13.3 Å². The molecule has 0 spiro atoms. The minimum Gasteiger partial charge on any atom is -0.323 e. The molecular weight excluding hydrogens is 154 g/mol. The van der Waals surface area contributed by atoms with Crippen LogP contribution in [0.15, 0.2) is 12.3 Å². The molecule has 1 aliphatic heterocycles. The summed E-state index contributed by atoms with van der Waals surface area (Å²) >= 11 is 1.89. The highest BCUT2D eigenvalue weighted by atomic mass is 35.5. The van der Waals surface area contributed by atoms with Gasteiger partial charge in [-0.05, 0) is 18.4 Å². The first-order chi connectivity index (χ1) is 3.93. The van der Waals surface area contributed by atoms with Crippen molar-refractivity contribution in [2.75, 3.05) is 12.3 Å². The topological polar surface area (TPSA) is 3.24 Å². The highest BCUT2D eigenvalue weighted by molar-refractivity contribution is 7.97. The summed E-state index contributed by atoms with van der Waals surface area (Å²) in [6.07, 6.45) is 5.60. The van der Waals surface area contributed by atoms with Crippen molar-refractivity contribution >= 4 is 24.4 Å². The van der Waals surface area contributed by atoms with Crippen LogP contribution >= 0.6 is 24.4 Å². The summed E-state index contributed by atoms with van der Waals surface area (Å²) in [4.78, 5) is 0. The number of rotatable bonds is 2. The first-order valence-electron chi connectivity index (χ1n) is 2.99. The standard InChI is InChI=1S/C6H11NS.ClH/c1-2-4-7-5-3-6-8-7;/h3,5H,2,4,6H2,1H3;1H. The summed E-state index contributed by atoms with van der Waals surface area (Å²) < 4.78 is 2.28. The largest absolute Gasteiger partial charge is 0.323 e. The van der Waals surface area contributed by atoms with Gasteiger partial charge in [-0.3, -0.25) is 0 Å². The van der Waals surface area contributed by atoms with Gasteiger partial charge in [-0.1, -0.05) is 13.0 Å². The molecule has 0 radical (unpaired) electrons. The van der Waals surface area contributed by atoms with Crippen LogP contribution in [0.5, 0.6) is 0 Å². The molecule has 1 rings (SSSR count). The molecule has 0 aromatic rings. The van der Waals surface area contributed by atoms with E-state index in [0.29, 0.717) is 0 Å². The van der Waals surface area contributed by atoms with Gasteiger partial charge in [0.1, 0.15) is 0 Å². The lowest BCUT2D eigenvalue weighted by atomic mass is 10.5. The lowest BCUT2D eigenvalue weighted by molar-refractivity contribution is 0.615. The number of hydrogen-bond donors (Lipinski definition) is 0. The second-order valence-electron chi connectivity index (χ2n) is 1.82. The fraction of sp³-hybridized carbons (Fsp3) is 0.667. The number of halogens is 1. The maximum atomic E-state index is 2.28. The predicted molar refractivity (Wildman–Crippen MR) is 45.8 cm³/mol. The third-order valence-electron chi connectivity index (χ3n) is 1.05. The predicted octanol–water partition coefficient (Wildman–Crippen LogP) is 2.30. The molecule has 0 saturated carbocycles. The van der Waals surface area contributed by atoms with E-state index in [4.69, 9.17) is 0 Å². The van der Waals surface area contributed by atoms with E-state index in [0.717, 1.165) is 0 Å². The zero-order valence-electron chi connectivity index (χ0n) is 5.54. The van der Waals surface area contributed by atoms with Gasteiger partial charge in [0, 0.05) is 18.5 Å². The van der Waals surface area contributed by atoms with E-state index in [9.17, 15) is 0 Å². The molecular formula is C6H12ClNS. The molecule has 0 amide bonds. The normalized spacial score (nSPS) is 15.9. The highest BCUT2D eigenvalue weighted by Gasteiger charge is 2.00. The Hall–Kier alpha value is 0.180. The van der Waals surface area contributed by atoms with Gasteiger partial charge in [0.25, 0.3) is 0 Å². The smallest absolute Gasteiger partial charge is 0.0331 e. The van der Waals surface area contributed by atoms with Crippen molar-refractivity contribution in [2.24, 2.45) is 0 Å². The minimum atomic E-state index is 0. The minimum absolute atomic E-state index is 0. The van der Waals surface area contributed by atoms with Crippen molar-refractivity contribution in [3.63, 3.8) is 0 Å². The number of hydrogen-bond acceptors (Lipinski definition) is 2. The monoisotopic (exact) mass is 165 g/mol. The zero-order valence-corrected chi connectivity index (χ0v) is 7.17. The molecule has 0 aromatic heterocycles. The van der Waals surface area contributed by atoms with E-state index in [1.54, 1.807) is 0 Å².